The van der Waals surface area contributed by atoms with E-state index in [4.69, 9.17) is 0 Å². The molecule has 0 amide bonds. The average molecular weight is 251 g/mol. The summed E-state index contributed by atoms with van der Waals surface area (Å²) in [5, 5.41) is 9.69. The number of nitriles is 1. The third kappa shape index (κ3) is 1.74. The number of fused-ring (bicyclic) bond motifs is 1. The van der Waals surface area contributed by atoms with Crippen molar-refractivity contribution in [3.63, 3.8) is 0 Å². The van der Waals surface area contributed by atoms with Gasteiger partial charge in [-0.15, -0.1) is 0 Å². The van der Waals surface area contributed by atoms with E-state index in [0.717, 1.165) is 5.56 Å². The molecule has 2 aromatic carbocycles. The first-order valence-corrected chi connectivity index (χ1v) is 6.40. The van der Waals surface area contributed by atoms with E-state index < -0.39 is 5.41 Å². The maximum atomic E-state index is 13.8. The van der Waals surface area contributed by atoms with Crippen LogP contribution < -0.4 is 0 Å². The Bertz CT molecular complexity index is 657. The molecular formula is C17H14FN. The van der Waals surface area contributed by atoms with Crippen molar-refractivity contribution in [1.29, 1.82) is 5.26 Å². The van der Waals surface area contributed by atoms with Gasteiger partial charge in [0.15, 0.2) is 0 Å². The highest BCUT2D eigenvalue weighted by Crippen LogP contribution is 2.40. The lowest BCUT2D eigenvalue weighted by Crippen LogP contribution is -2.26. The number of hydrogen-bond donors (Lipinski definition) is 0. The van der Waals surface area contributed by atoms with Gasteiger partial charge in [0.1, 0.15) is 5.82 Å². The fourth-order valence-corrected chi connectivity index (χ4v) is 3.07. The third-order valence-corrected chi connectivity index (χ3v) is 4.10. The van der Waals surface area contributed by atoms with Crippen LogP contribution in [0.1, 0.15) is 22.3 Å². The van der Waals surface area contributed by atoms with Gasteiger partial charge < -0.3 is 0 Å². The second kappa shape index (κ2) is 4.20. The Morgan fingerprint density at radius 3 is 2.26 bits per heavy atom. The molecule has 0 saturated carbocycles. The van der Waals surface area contributed by atoms with E-state index in [-0.39, 0.29) is 5.82 Å². The smallest absolute Gasteiger partial charge is 0.126 e. The molecule has 1 nitrogen and oxygen atoms in total. The van der Waals surface area contributed by atoms with Crippen LogP contribution in [0.2, 0.25) is 0 Å². The van der Waals surface area contributed by atoms with Crippen LogP contribution in [0.15, 0.2) is 42.5 Å². The summed E-state index contributed by atoms with van der Waals surface area (Å²) in [7, 11) is 0. The molecule has 94 valence electrons. The molecule has 1 aliphatic carbocycles. The average Bonchev–Trinajstić information content (AvgIpc) is 2.81. The van der Waals surface area contributed by atoms with Gasteiger partial charge >= 0.3 is 0 Å². The number of rotatable bonds is 1. The molecule has 0 bridgehead atoms. The van der Waals surface area contributed by atoms with Crippen molar-refractivity contribution in [3.8, 4) is 6.07 Å². The minimum Gasteiger partial charge on any atom is -0.207 e. The van der Waals surface area contributed by atoms with E-state index in [0.29, 0.717) is 18.4 Å². The van der Waals surface area contributed by atoms with Gasteiger partial charge in [0, 0.05) is 0 Å². The zero-order valence-corrected chi connectivity index (χ0v) is 10.8. The Labute approximate surface area is 112 Å². The summed E-state index contributed by atoms with van der Waals surface area (Å²) in [5.74, 6) is -0.233. The maximum Gasteiger partial charge on any atom is 0.126 e. The summed E-state index contributed by atoms with van der Waals surface area (Å²) in [5.41, 5.74) is 3.21. The Balaban J connectivity index is 2.14. The van der Waals surface area contributed by atoms with Crippen molar-refractivity contribution in [2.45, 2.75) is 25.2 Å². The molecule has 3 rings (SSSR count). The van der Waals surface area contributed by atoms with Crippen molar-refractivity contribution in [1.82, 2.24) is 0 Å². The van der Waals surface area contributed by atoms with Crippen LogP contribution in [-0.2, 0) is 18.3 Å². The van der Waals surface area contributed by atoms with Gasteiger partial charge in [0.25, 0.3) is 0 Å². The van der Waals surface area contributed by atoms with Crippen LogP contribution in [-0.4, -0.2) is 0 Å². The molecule has 0 heterocycles. The first-order valence-electron chi connectivity index (χ1n) is 6.40. The van der Waals surface area contributed by atoms with E-state index in [9.17, 15) is 9.65 Å². The molecule has 19 heavy (non-hydrogen) atoms. The molecule has 0 spiro atoms. The van der Waals surface area contributed by atoms with E-state index in [2.05, 4.69) is 18.2 Å². The number of benzene rings is 2. The largest absolute Gasteiger partial charge is 0.207 e. The van der Waals surface area contributed by atoms with Crippen LogP contribution in [0.3, 0.4) is 0 Å². The number of nitrogens with zero attached hydrogens (tertiary/aromatic N) is 1. The minimum absolute atomic E-state index is 0.233. The fraction of sp³-hybridized carbons (Fsp3) is 0.235. The second-order valence-electron chi connectivity index (χ2n) is 5.23. The van der Waals surface area contributed by atoms with Crippen molar-refractivity contribution in [3.05, 3.63) is 70.5 Å². The summed E-state index contributed by atoms with van der Waals surface area (Å²) < 4.78 is 13.8. The zero-order valence-electron chi connectivity index (χ0n) is 10.8. The molecule has 0 aliphatic heterocycles. The monoisotopic (exact) mass is 251 g/mol. The summed E-state index contributed by atoms with van der Waals surface area (Å²) in [6, 6.07) is 15.6. The molecule has 0 atom stereocenters. The highest BCUT2D eigenvalue weighted by Gasteiger charge is 2.40. The molecule has 0 saturated heterocycles. The highest BCUT2D eigenvalue weighted by molar-refractivity contribution is 5.49. The molecule has 2 heteroatoms. The van der Waals surface area contributed by atoms with Crippen LogP contribution in [0.5, 0.6) is 0 Å². The molecule has 0 N–H and O–H groups in total. The Morgan fingerprint density at radius 2 is 1.68 bits per heavy atom. The van der Waals surface area contributed by atoms with Crippen LogP contribution in [0.25, 0.3) is 0 Å². The first kappa shape index (κ1) is 11.9. The van der Waals surface area contributed by atoms with E-state index in [1.807, 2.05) is 18.2 Å². The zero-order chi connectivity index (χ0) is 13.5. The van der Waals surface area contributed by atoms with Crippen LogP contribution in [0, 0.1) is 24.1 Å². The van der Waals surface area contributed by atoms with Gasteiger partial charge in [-0.1, -0.05) is 36.4 Å². The topological polar surface area (TPSA) is 23.8 Å². The van der Waals surface area contributed by atoms with Gasteiger partial charge in [0.05, 0.1) is 11.5 Å². The molecule has 0 fully saturated rings. The van der Waals surface area contributed by atoms with E-state index in [1.165, 1.54) is 17.2 Å². The second-order valence-corrected chi connectivity index (χ2v) is 5.23. The Morgan fingerprint density at radius 1 is 1.05 bits per heavy atom. The van der Waals surface area contributed by atoms with Crippen LogP contribution in [0.4, 0.5) is 4.39 Å². The third-order valence-electron chi connectivity index (χ3n) is 4.10. The Kier molecular flexibility index (Phi) is 2.64. The summed E-state index contributed by atoms with van der Waals surface area (Å²) in [6.07, 6.45) is 1.34. The maximum absolute atomic E-state index is 13.8. The predicted molar refractivity (Wildman–Crippen MR) is 72.3 cm³/mol. The first-order chi connectivity index (χ1) is 9.16. The quantitative estimate of drug-likeness (QED) is 0.758. The molecule has 0 radical (unpaired) electrons. The number of halogens is 1. The van der Waals surface area contributed by atoms with Crippen molar-refractivity contribution >= 4 is 0 Å². The number of hydrogen-bond acceptors (Lipinski definition) is 1. The fourth-order valence-electron chi connectivity index (χ4n) is 3.07. The molecule has 0 aromatic heterocycles. The van der Waals surface area contributed by atoms with Crippen molar-refractivity contribution < 1.29 is 4.39 Å². The van der Waals surface area contributed by atoms with Gasteiger partial charge in [-0.2, -0.15) is 5.26 Å². The van der Waals surface area contributed by atoms with Crippen molar-refractivity contribution in [2.75, 3.05) is 0 Å². The normalized spacial score (nSPS) is 15.8. The molecule has 2 aromatic rings. The van der Waals surface area contributed by atoms with Gasteiger partial charge in [-0.05, 0) is 48.1 Å². The highest BCUT2D eigenvalue weighted by atomic mass is 19.1. The SMILES string of the molecule is Cc1c(F)cccc1C1(C#N)Cc2ccccc2C1. The van der Waals surface area contributed by atoms with Gasteiger partial charge in [-0.25, -0.2) is 4.39 Å². The standard InChI is InChI=1S/C17H14FN/c1-12-15(7-4-8-16(12)18)17(11-19)9-13-5-2-3-6-14(13)10-17/h2-8H,9-10H2,1H3. The van der Waals surface area contributed by atoms with Gasteiger partial charge in [0.2, 0.25) is 0 Å². The molecular weight excluding hydrogens is 237 g/mol. The lowest BCUT2D eigenvalue weighted by atomic mass is 9.77. The summed E-state index contributed by atoms with van der Waals surface area (Å²) >= 11 is 0. The van der Waals surface area contributed by atoms with Crippen LogP contribution >= 0.6 is 0 Å². The van der Waals surface area contributed by atoms with E-state index >= 15 is 0 Å². The Hall–Kier alpha value is -2.14. The van der Waals surface area contributed by atoms with Crippen molar-refractivity contribution in [2.24, 2.45) is 0 Å². The lowest BCUT2D eigenvalue weighted by molar-refractivity contribution is 0.562. The van der Waals surface area contributed by atoms with E-state index in [1.54, 1.807) is 13.0 Å². The molecule has 0 unspecified atom stereocenters. The minimum atomic E-state index is -0.615. The summed E-state index contributed by atoms with van der Waals surface area (Å²) in [6.45, 7) is 1.76. The lowest BCUT2D eigenvalue weighted by Gasteiger charge is -2.23. The molecule has 1 aliphatic rings. The predicted octanol–water partition coefficient (Wildman–Crippen LogP) is 3.69. The van der Waals surface area contributed by atoms with Gasteiger partial charge in [-0.3, -0.25) is 0 Å². The summed E-state index contributed by atoms with van der Waals surface area (Å²) in [4.78, 5) is 0.